The van der Waals surface area contributed by atoms with Gasteiger partial charge in [-0.05, 0) is 46.8 Å². The molecule has 1 aliphatic carbocycles. The van der Waals surface area contributed by atoms with Crippen LogP contribution in [0.25, 0.3) is 10.9 Å². The van der Waals surface area contributed by atoms with E-state index in [1.165, 1.54) is 25.7 Å². The lowest BCUT2D eigenvalue weighted by molar-refractivity contribution is 0.349. The minimum absolute atomic E-state index is 0.514. The van der Waals surface area contributed by atoms with Crippen LogP contribution >= 0.6 is 31.9 Å². The number of hydrogen-bond acceptors (Lipinski definition) is 3. The predicted octanol–water partition coefficient (Wildman–Crippen LogP) is 5.15. The molecule has 1 heterocycles. The smallest absolute Gasteiger partial charge is 0.137 e. The van der Waals surface area contributed by atoms with Gasteiger partial charge in [0, 0.05) is 20.4 Å². The van der Waals surface area contributed by atoms with Crippen molar-refractivity contribution in [1.82, 2.24) is 9.97 Å². The van der Waals surface area contributed by atoms with E-state index in [-0.39, 0.29) is 0 Å². The molecule has 2 unspecified atom stereocenters. The van der Waals surface area contributed by atoms with Gasteiger partial charge in [-0.25, -0.2) is 9.97 Å². The van der Waals surface area contributed by atoms with Crippen LogP contribution in [-0.2, 0) is 0 Å². The summed E-state index contributed by atoms with van der Waals surface area (Å²) in [5.41, 5.74) is 0.953. The van der Waals surface area contributed by atoms with Crippen LogP contribution in [0.2, 0.25) is 0 Å². The van der Waals surface area contributed by atoms with Crippen molar-refractivity contribution in [2.24, 2.45) is 5.92 Å². The van der Waals surface area contributed by atoms with Crippen LogP contribution in [0, 0.1) is 5.92 Å². The molecule has 1 aromatic carbocycles. The van der Waals surface area contributed by atoms with Gasteiger partial charge in [0.1, 0.15) is 12.1 Å². The SMILES string of the molecule is CC1CCCCC1Nc1ncnc2c(Br)cc(Br)cc12. The zero-order valence-electron chi connectivity index (χ0n) is 11.4. The zero-order chi connectivity index (χ0) is 14.1. The number of aromatic nitrogens is 2. The van der Waals surface area contributed by atoms with E-state index in [0.717, 1.165) is 25.7 Å². The van der Waals surface area contributed by atoms with Crippen molar-refractivity contribution in [3.05, 3.63) is 27.4 Å². The number of nitrogens with one attached hydrogen (secondary N) is 1. The first-order chi connectivity index (χ1) is 9.65. The Hall–Kier alpha value is -0.680. The lowest BCUT2D eigenvalue weighted by Crippen LogP contribution is -2.30. The fourth-order valence-electron chi connectivity index (χ4n) is 2.91. The quantitative estimate of drug-likeness (QED) is 0.760. The summed E-state index contributed by atoms with van der Waals surface area (Å²) in [5, 5.41) is 4.70. The van der Waals surface area contributed by atoms with Crippen LogP contribution in [0.4, 0.5) is 5.82 Å². The Balaban J connectivity index is 1.99. The molecule has 2 aromatic rings. The van der Waals surface area contributed by atoms with Gasteiger partial charge in [0.2, 0.25) is 0 Å². The summed E-state index contributed by atoms with van der Waals surface area (Å²) in [6, 6.07) is 4.61. The molecule has 0 aliphatic heterocycles. The minimum atomic E-state index is 0.514. The Kier molecular flexibility index (Phi) is 4.26. The number of nitrogens with zero attached hydrogens (tertiary/aromatic N) is 2. The molecule has 2 atom stereocenters. The third kappa shape index (κ3) is 2.84. The highest BCUT2D eigenvalue weighted by Crippen LogP contribution is 2.32. The molecule has 0 amide bonds. The van der Waals surface area contributed by atoms with Gasteiger partial charge < -0.3 is 5.32 Å². The Bertz CT molecular complexity index is 630. The standard InChI is InChI=1S/C15H17Br2N3/c1-9-4-2-3-5-13(9)20-15-11-6-10(16)7-12(17)14(11)18-8-19-15/h6-9,13H,2-5H2,1H3,(H,18,19,20). The van der Waals surface area contributed by atoms with Gasteiger partial charge in [0.25, 0.3) is 0 Å². The summed E-state index contributed by atoms with van der Waals surface area (Å²) in [5.74, 6) is 1.64. The van der Waals surface area contributed by atoms with Gasteiger partial charge in [-0.2, -0.15) is 0 Å². The molecule has 1 fully saturated rings. The van der Waals surface area contributed by atoms with Gasteiger partial charge >= 0.3 is 0 Å². The second kappa shape index (κ2) is 5.98. The van der Waals surface area contributed by atoms with Crippen molar-refractivity contribution in [3.8, 4) is 0 Å². The molecule has 20 heavy (non-hydrogen) atoms. The maximum Gasteiger partial charge on any atom is 0.137 e. The van der Waals surface area contributed by atoms with Crippen molar-refractivity contribution < 1.29 is 0 Å². The van der Waals surface area contributed by atoms with Gasteiger partial charge in [-0.15, -0.1) is 0 Å². The Labute approximate surface area is 135 Å². The topological polar surface area (TPSA) is 37.8 Å². The molecular weight excluding hydrogens is 382 g/mol. The van der Waals surface area contributed by atoms with E-state index in [1.807, 2.05) is 6.07 Å². The predicted molar refractivity (Wildman–Crippen MR) is 90.0 cm³/mol. The van der Waals surface area contributed by atoms with E-state index in [1.54, 1.807) is 6.33 Å². The second-order valence-electron chi connectivity index (χ2n) is 5.52. The number of hydrogen-bond donors (Lipinski definition) is 1. The largest absolute Gasteiger partial charge is 0.366 e. The van der Waals surface area contributed by atoms with Gasteiger partial charge in [-0.1, -0.05) is 35.7 Å². The number of benzene rings is 1. The Morgan fingerprint density at radius 1 is 1.15 bits per heavy atom. The first-order valence-corrected chi connectivity index (χ1v) is 8.60. The van der Waals surface area contributed by atoms with Gasteiger partial charge in [-0.3, -0.25) is 0 Å². The summed E-state index contributed by atoms with van der Waals surface area (Å²) in [7, 11) is 0. The fraction of sp³-hybridized carbons (Fsp3) is 0.467. The molecule has 0 radical (unpaired) electrons. The summed E-state index contributed by atoms with van der Waals surface area (Å²) in [4.78, 5) is 8.83. The van der Waals surface area contributed by atoms with Crippen molar-refractivity contribution in [2.45, 2.75) is 38.6 Å². The van der Waals surface area contributed by atoms with Gasteiger partial charge in [0.05, 0.1) is 5.52 Å². The van der Waals surface area contributed by atoms with E-state index < -0.39 is 0 Å². The van der Waals surface area contributed by atoms with E-state index in [2.05, 4.69) is 60.1 Å². The number of anilines is 1. The second-order valence-corrected chi connectivity index (χ2v) is 7.29. The molecule has 3 rings (SSSR count). The fourth-order valence-corrected chi connectivity index (χ4v) is 4.24. The number of fused-ring (bicyclic) bond motifs is 1. The maximum atomic E-state index is 4.45. The molecule has 106 valence electrons. The molecule has 1 aromatic heterocycles. The Morgan fingerprint density at radius 2 is 1.95 bits per heavy atom. The highest BCUT2D eigenvalue weighted by atomic mass is 79.9. The third-order valence-corrected chi connectivity index (χ3v) is 5.15. The molecule has 0 saturated heterocycles. The van der Waals surface area contributed by atoms with Crippen LogP contribution < -0.4 is 5.32 Å². The molecule has 1 saturated carbocycles. The zero-order valence-corrected chi connectivity index (χ0v) is 14.5. The number of rotatable bonds is 2. The summed E-state index contributed by atoms with van der Waals surface area (Å²) in [6.45, 7) is 2.33. The summed E-state index contributed by atoms with van der Waals surface area (Å²) in [6.07, 6.45) is 6.81. The molecular formula is C15H17Br2N3. The molecule has 1 aliphatic rings. The van der Waals surface area contributed by atoms with Crippen LogP contribution in [0.5, 0.6) is 0 Å². The third-order valence-electron chi connectivity index (χ3n) is 4.09. The minimum Gasteiger partial charge on any atom is -0.366 e. The Morgan fingerprint density at radius 3 is 2.75 bits per heavy atom. The lowest BCUT2D eigenvalue weighted by Gasteiger charge is -2.30. The van der Waals surface area contributed by atoms with E-state index >= 15 is 0 Å². The highest BCUT2D eigenvalue weighted by Gasteiger charge is 2.22. The van der Waals surface area contributed by atoms with Crippen LogP contribution in [0.15, 0.2) is 27.4 Å². The normalized spacial score (nSPS) is 22.9. The van der Waals surface area contributed by atoms with Crippen LogP contribution in [-0.4, -0.2) is 16.0 Å². The van der Waals surface area contributed by atoms with Crippen molar-refractivity contribution >= 4 is 48.6 Å². The molecule has 0 spiro atoms. The molecule has 0 bridgehead atoms. The molecule has 3 nitrogen and oxygen atoms in total. The molecule has 5 heteroatoms. The monoisotopic (exact) mass is 397 g/mol. The highest BCUT2D eigenvalue weighted by molar-refractivity contribution is 9.11. The summed E-state index contributed by atoms with van der Waals surface area (Å²) < 4.78 is 2.02. The van der Waals surface area contributed by atoms with Crippen LogP contribution in [0.1, 0.15) is 32.6 Å². The van der Waals surface area contributed by atoms with Crippen molar-refractivity contribution in [3.63, 3.8) is 0 Å². The average Bonchev–Trinajstić information content (AvgIpc) is 2.42. The van der Waals surface area contributed by atoms with Crippen molar-refractivity contribution in [1.29, 1.82) is 0 Å². The van der Waals surface area contributed by atoms with E-state index in [9.17, 15) is 0 Å². The molecule has 1 N–H and O–H groups in total. The average molecular weight is 399 g/mol. The first-order valence-electron chi connectivity index (χ1n) is 7.01. The lowest BCUT2D eigenvalue weighted by atomic mass is 9.86. The van der Waals surface area contributed by atoms with Gasteiger partial charge in [0.15, 0.2) is 0 Å². The number of halogens is 2. The van der Waals surface area contributed by atoms with E-state index in [4.69, 9.17) is 0 Å². The van der Waals surface area contributed by atoms with E-state index in [0.29, 0.717) is 12.0 Å². The van der Waals surface area contributed by atoms with Crippen molar-refractivity contribution in [2.75, 3.05) is 5.32 Å². The maximum absolute atomic E-state index is 4.45. The van der Waals surface area contributed by atoms with Crippen LogP contribution in [0.3, 0.4) is 0 Å². The first kappa shape index (κ1) is 14.3. The summed E-state index contributed by atoms with van der Waals surface area (Å²) >= 11 is 7.11.